The normalized spacial score (nSPS) is 19.4. The van der Waals surface area contributed by atoms with Gasteiger partial charge in [0.2, 0.25) is 5.91 Å². The van der Waals surface area contributed by atoms with Crippen molar-refractivity contribution in [3.05, 3.63) is 36.2 Å². The van der Waals surface area contributed by atoms with Gasteiger partial charge in [0.25, 0.3) is 0 Å². The van der Waals surface area contributed by atoms with Gasteiger partial charge < -0.3 is 5.32 Å². The maximum Gasteiger partial charge on any atom is 0.244 e. The van der Waals surface area contributed by atoms with E-state index >= 15 is 0 Å². The van der Waals surface area contributed by atoms with Crippen LogP contribution in [0, 0.1) is 11.8 Å². The summed E-state index contributed by atoms with van der Waals surface area (Å²) >= 11 is 0. The molecule has 2 fully saturated rings. The van der Waals surface area contributed by atoms with Crippen molar-refractivity contribution in [3.8, 4) is 0 Å². The third-order valence-electron chi connectivity index (χ3n) is 3.66. The largest absolute Gasteiger partial charge is 0.349 e. The van der Waals surface area contributed by atoms with Crippen molar-refractivity contribution in [3.63, 3.8) is 0 Å². The molecule has 3 rings (SSSR count). The summed E-state index contributed by atoms with van der Waals surface area (Å²) in [4.78, 5) is 16.0. The second kappa shape index (κ2) is 4.92. The summed E-state index contributed by atoms with van der Waals surface area (Å²) in [5.41, 5.74) is 0.821. The number of hydrogen-bond acceptors (Lipinski definition) is 2. The lowest BCUT2D eigenvalue weighted by atomic mass is 10.1. The molecule has 1 N–H and O–H groups in total. The monoisotopic (exact) mass is 242 g/mol. The Morgan fingerprint density at radius 2 is 2.00 bits per heavy atom. The van der Waals surface area contributed by atoms with E-state index < -0.39 is 0 Å². The summed E-state index contributed by atoms with van der Waals surface area (Å²) in [6.45, 7) is 0. The molecule has 0 saturated heterocycles. The van der Waals surface area contributed by atoms with Gasteiger partial charge in [-0.05, 0) is 55.7 Å². The number of carbonyl (C=O) groups excluding carboxylic acids is 1. The fraction of sp³-hybridized carbons (Fsp3) is 0.467. The predicted molar refractivity (Wildman–Crippen MR) is 70.6 cm³/mol. The highest BCUT2D eigenvalue weighted by atomic mass is 16.1. The summed E-state index contributed by atoms with van der Waals surface area (Å²) < 4.78 is 0. The summed E-state index contributed by atoms with van der Waals surface area (Å²) in [6.07, 6.45) is 10.2. The Hall–Kier alpha value is -1.64. The van der Waals surface area contributed by atoms with Gasteiger partial charge in [0, 0.05) is 18.3 Å². The molecule has 3 heteroatoms. The first kappa shape index (κ1) is 11.5. The van der Waals surface area contributed by atoms with Crippen LogP contribution in [-0.2, 0) is 4.79 Å². The van der Waals surface area contributed by atoms with Crippen molar-refractivity contribution in [2.24, 2.45) is 11.8 Å². The van der Waals surface area contributed by atoms with Gasteiger partial charge in [0.1, 0.15) is 0 Å². The number of nitrogens with one attached hydrogen (secondary N) is 1. The molecule has 2 saturated carbocycles. The number of aromatic nitrogens is 1. The molecular weight excluding hydrogens is 224 g/mol. The third-order valence-corrected chi connectivity index (χ3v) is 3.66. The lowest BCUT2D eigenvalue weighted by Crippen LogP contribution is -2.37. The van der Waals surface area contributed by atoms with E-state index in [0.29, 0.717) is 6.04 Å². The number of amides is 1. The first-order chi connectivity index (χ1) is 8.83. The molecule has 0 radical (unpaired) electrons. The fourth-order valence-corrected chi connectivity index (χ4v) is 2.38. The summed E-state index contributed by atoms with van der Waals surface area (Å²) in [5.74, 6) is 1.50. The van der Waals surface area contributed by atoms with Gasteiger partial charge in [-0.1, -0.05) is 6.07 Å². The Morgan fingerprint density at radius 1 is 1.28 bits per heavy atom. The lowest BCUT2D eigenvalue weighted by molar-refractivity contribution is -0.117. The van der Waals surface area contributed by atoms with Crippen LogP contribution in [0.25, 0.3) is 6.08 Å². The van der Waals surface area contributed by atoms with Crippen LogP contribution in [0.3, 0.4) is 0 Å². The van der Waals surface area contributed by atoms with Crippen LogP contribution in [0.4, 0.5) is 0 Å². The second-order valence-corrected chi connectivity index (χ2v) is 5.30. The summed E-state index contributed by atoms with van der Waals surface area (Å²) in [6, 6.07) is 6.10. The molecule has 3 nitrogen and oxygen atoms in total. The molecule has 94 valence electrons. The smallest absolute Gasteiger partial charge is 0.244 e. The molecule has 0 aromatic carbocycles. The molecule has 1 aromatic rings. The third kappa shape index (κ3) is 2.97. The van der Waals surface area contributed by atoms with E-state index in [1.807, 2.05) is 18.2 Å². The number of pyridine rings is 1. The maximum absolute atomic E-state index is 11.9. The molecule has 0 unspecified atom stereocenters. The average Bonchev–Trinajstić information content (AvgIpc) is 3.28. The molecule has 2 aliphatic rings. The second-order valence-electron chi connectivity index (χ2n) is 5.30. The van der Waals surface area contributed by atoms with E-state index in [0.717, 1.165) is 17.5 Å². The van der Waals surface area contributed by atoms with Crippen molar-refractivity contribution in [2.45, 2.75) is 31.7 Å². The van der Waals surface area contributed by atoms with Crippen LogP contribution in [0.15, 0.2) is 30.5 Å². The van der Waals surface area contributed by atoms with Gasteiger partial charge in [-0.2, -0.15) is 0 Å². The Bertz CT molecular complexity index is 435. The zero-order chi connectivity index (χ0) is 12.4. The molecular formula is C15H18N2O. The highest BCUT2D eigenvalue weighted by Crippen LogP contribution is 2.44. The molecule has 1 heterocycles. The zero-order valence-corrected chi connectivity index (χ0v) is 10.4. The van der Waals surface area contributed by atoms with E-state index in [2.05, 4.69) is 10.3 Å². The first-order valence-electron chi connectivity index (χ1n) is 6.72. The van der Waals surface area contributed by atoms with Gasteiger partial charge in [0.05, 0.1) is 5.69 Å². The quantitative estimate of drug-likeness (QED) is 0.806. The Labute approximate surface area is 107 Å². The highest BCUT2D eigenvalue weighted by Gasteiger charge is 2.41. The number of rotatable bonds is 5. The first-order valence-corrected chi connectivity index (χ1v) is 6.72. The van der Waals surface area contributed by atoms with Crippen molar-refractivity contribution in [2.75, 3.05) is 0 Å². The minimum absolute atomic E-state index is 0.0180. The van der Waals surface area contributed by atoms with Crippen LogP contribution in [-0.4, -0.2) is 16.9 Å². The number of hydrogen-bond donors (Lipinski definition) is 1. The Balaban J connectivity index is 1.56. The van der Waals surface area contributed by atoms with Crippen molar-refractivity contribution in [1.82, 2.24) is 10.3 Å². The molecule has 1 amide bonds. The lowest BCUT2D eigenvalue weighted by Gasteiger charge is -2.16. The van der Waals surface area contributed by atoms with Gasteiger partial charge in [-0.25, -0.2) is 0 Å². The molecule has 1 aromatic heterocycles. The topological polar surface area (TPSA) is 42.0 Å². The van der Waals surface area contributed by atoms with Crippen LogP contribution in [0.2, 0.25) is 0 Å². The van der Waals surface area contributed by atoms with Crippen LogP contribution >= 0.6 is 0 Å². The Kier molecular flexibility index (Phi) is 3.13. The maximum atomic E-state index is 11.9. The van der Waals surface area contributed by atoms with E-state index in [9.17, 15) is 4.79 Å². The molecule has 2 aliphatic carbocycles. The standard InChI is InChI=1S/C15H18N2O/c18-14(9-8-13-3-1-2-10-16-13)17-15(11-4-5-11)12-6-7-12/h1-3,8-12,15H,4-7H2,(H,17,18). The molecule has 0 atom stereocenters. The van der Waals surface area contributed by atoms with Gasteiger partial charge in [-0.15, -0.1) is 0 Å². The van der Waals surface area contributed by atoms with Gasteiger partial charge in [0.15, 0.2) is 0 Å². The fourth-order valence-electron chi connectivity index (χ4n) is 2.38. The van der Waals surface area contributed by atoms with E-state index in [1.54, 1.807) is 18.3 Å². The van der Waals surface area contributed by atoms with Crippen molar-refractivity contribution >= 4 is 12.0 Å². The SMILES string of the molecule is O=C(C=Cc1ccccn1)NC(C1CC1)C1CC1. The van der Waals surface area contributed by atoms with Gasteiger partial charge >= 0.3 is 0 Å². The number of nitrogens with zero attached hydrogens (tertiary/aromatic N) is 1. The average molecular weight is 242 g/mol. The molecule has 0 spiro atoms. The minimum atomic E-state index is 0.0180. The Morgan fingerprint density at radius 3 is 2.56 bits per heavy atom. The van der Waals surface area contributed by atoms with E-state index in [1.165, 1.54) is 25.7 Å². The minimum Gasteiger partial charge on any atom is -0.349 e. The summed E-state index contributed by atoms with van der Waals surface area (Å²) in [7, 11) is 0. The molecule has 0 aliphatic heterocycles. The number of carbonyl (C=O) groups is 1. The van der Waals surface area contributed by atoms with Crippen molar-refractivity contribution < 1.29 is 4.79 Å². The van der Waals surface area contributed by atoms with E-state index in [-0.39, 0.29) is 5.91 Å². The van der Waals surface area contributed by atoms with Crippen LogP contribution in [0.1, 0.15) is 31.4 Å². The van der Waals surface area contributed by atoms with Gasteiger partial charge in [-0.3, -0.25) is 9.78 Å². The zero-order valence-electron chi connectivity index (χ0n) is 10.4. The van der Waals surface area contributed by atoms with Crippen molar-refractivity contribution in [1.29, 1.82) is 0 Å². The predicted octanol–water partition coefficient (Wildman–Crippen LogP) is 2.40. The van der Waals surface area contributed by atoms with Crippen LogP contribution < -0.4 is 5.32 Å². The summed E-state index contributed by atoms with van der Waals surface area (Å²) in [5, 5.41) is 3.16. The molecule has 0 bridgehead atoms. The molecule has 18 heavy (non-hydrogen) atoms. The van der Waals surface area contributed by atoms with Crippen LogP contribution in [0.5, 0.6) is 0 Å². The highest BCUT2D eigenvalue weighted by molar-refractivity contribution is 5.91. The van der Waals surface area contributed by atoms with E-state index in [4.69, 9.17) is 0 Å².